The third kappa shape index (κ3) is 4.60. The third-order valence-corrected chi connectivity index (χ3v) is 2.53. The average molecular weight is 248 g/mol. The van der Waals surface area contributed by atoms with Crippen LogP contribution in [-0.4, -0.2) is 38.3 Å². The van der Waals surface area contributed by atoms with E-state index >= 15 is 0 Å². The molecule has 0 amide bonds. The number of nitrogens with zero attached hydrogens (tertiary/aromatic N) is 3. The Balaban J connectivity index is 2.75. The van der Waals surface area contributed by atoms with Gasteiger partial charge in [0.25, 0.3) is 0 Å². The Morgan fingerprint density at radius 3 is 3.00 bits per heavy atom. The van der Waals surface area contributed by atoms with Crippen LogP contribution < -0.4 is 10.2 Å². The zero-order chi connectivity index (χ0) is 13.2. The lowest BCUT2D eigenvalue weighted by molar-refractivity contribution is 0.205. The van der Waals surface area contributed by atoms with E-state index in [4.69, 9.17) is 10.00 Å². The fourth-order valence-electron chi connectivity index (χ4n) is 1.65. The van der Waals surface area contributed by atoms with Crippen molar-refractivity contribution in [3.8, 4) is 6.07 Å². The zero-order valence-electron chi connectivity index (χ0n) is 11.0. The van der Waals surface area contributed by atoms with Gasteiger partial charge in [-0.25, -0.2) is 4.98 Å². The first kappa shape index (κ1) is 14.3. The molecule has 1 N–H and O–H groups in total. The molecule has 0 atom stereocenters. The second-order valence-electron chi connectivity index (χ2n) is 3.82. The Bertz CT molecular complexity index is 389. The largest absolute Gasteiger partial charge is 0.383 e. The number of anilines is 2. The van der Waals surface area contributed by atoms with Gasteiger partial charge in [0.05, 0.1) is 19.1 Å². The molecule has 0 saturated carbocycles. The van der Waals surface area contributed by atoms with Crippen molar-refractivity contribution in [1.82, 2.24) is 4.98 Å². The summed E-state index contributed by atoms with van der Waals surface area (Å²) in [5, 5.41) is 11.9. The quantitative estimate of drug-likeness (QED) is 0.761. The highest BCUT2D eigenvalue weighted by molar-refractivity contribution is 5.53. The van der Waals surface area contributed by atoms with E-state index < -0.39 is 0 Å². The van der Waals surface area contributed by atoms with Crippen LogP contribution in [0, 0.1) is 11.3 Å². The first-order valence-corrected chi connectivity index (χ1v) is 6.12. The van der Waals surface area contributed by atoms with Crippen LogP contribution in [0.1, 0.15) is 13.3 Å². The van der Waals surface area contributed by atoms with Gasteiger partial charge >= 0.3 is 0 Å². The van der Waals surface area contributed by atoms with Crippen molar-refractivity contribution in [1.29, 1.82) is 5.26 Å². The summed E-state index contributed by atoms with van der Waals surface area (Å²) in [5.74, 6) is 0.856. The molecule has 98 valence electrons. The lowest BCUT2D eigenvalue weighted by atomic mass is 10.3. The fourth-order valence-corrected chi connectivity index (χ4v) is 1.65. The van der Waals surface area contributed by atoms with Crippen molar-refractivity contribution in [2.45, 2.75) is 13.3 Å². The Hall–Kier alpha value is -1.80. The minimum atomic E-state index is 0.503. The summed E-state index contributed by atoms with van der Waals surface area (Å²) in [5.41, 5.74) is 1.06. The highest BCUT2D eigenvalue weighted by Gasteiger charge is 2.07. The fraction of sp³-hybridized carbons (Fsp3) is 0.538. The van der Waals surface area contributed by atoms with E-state index in [2.05, 4.69) is 21.3 Å². The maximum atomic E-state index is 8.69. The summed E-state index contributed by atoms with van der Waals surface area (Å²) in [6.07, 6.45) is 2.28. The van der Waals surface area contributed by atoms with Gasteiger partial charge < -0.3 is 15.0 Å². The van der Waals surface area contributed by atoms with Crippen LogP contribution in [0.2, 0.25) is 0 Å². The lowest BCUT2D eigenvalue weighted by Crippen LogP contribution is -2.28. The molecule has 1 aromatic rings. The van der Waals surface area contributed by atoms with Gasteiger partial charge in [-0.05, 0) is 13.0 Å². The van der Waals surface area contributed by atoms with E-state index in [0.29, 0.717) is 19.6 Å². The molecule has 1 aromatic heterocycles. The molecule has 5 heteroatoms. The van der Waals surface area contributed by atoms with Crippen LogP contribution in [0.4, 0.5) is 11.5 Å². The molecule has 0 aliphatic rings. The summed E-state index contributed by atoms with van der Waals surface area (Å²) in [4.78, 5) is 6.37. The number of nitrogens with one attached hydrogen (secondary N) is 1. The van der Waals surface area contributed by atoms with E-state index in [1.165, 1.54) is 0 Å². The Labute approximate surface area is 108 Å². The van der Waals surface area contributed by atoms with Crippen LogP contribution in [-0.2, 0) is 4.74 Å². The van der Waals surface area contributed by atoms with E-state index in [0.717, 1.165) is 24.6 Å². The predicted octanol–water partition coefficient (Wildman–Crippen LogP) is 1.88. The van der Waals surface area contributed by atoms with Crippen molar-refractivity contribution in [2.75, 3.05) is 43.6 Å². The number of pyridine rings is 1. The smallest absolute Gasteiger partial charge is 0.127 e. The summed E-state index contributed by atoms with van der Waals surface area (Å²) in [6, 6.07) is 6.12. The molecule has 5 nitrogen and oxygen atoms in total. The standard InChI is InChI=1S/C13H20N4O/c1-3-15-13-11-12(5-7-16-13)17(8-4-6-14)9-10-18-2/h5,7,11H,3-4,8-10H2,1-2H3,(H,15,16). The molecule has 1 heterocycles. The van der Waals surface area contributed by atoms with Gasteiger partial charge in [0.15, 0.2) is 0 Å². The van der Waals surface area contributed by atoms with Crippen LogP contribution in [0.5, 0.6) is 0 Å². The van der Waals surface area contributed by atoms with Crippen molar-refractivity contribution in [2.24, 2.45) is 0 Å². The van der Waals surface area contributed by atoms with E-state index in [1.807, 2.05) is 19.1 Å². The monoisotopic (exact) mass is 248 g/mol. The molecule has 0 saturated heterocycles. The number of hydrogen-bond donors (Lipinski definition) is 1. The van der Waals surface area contributed by atoms with Gasteiger partial charge in [0.2, 0.25) is 0 Å². The van der Waals surface area contributed by atoms with Crippen LogP contribution >= 0.6 is 0 Å². The molecular weight excluding hydrogens is 228 g/mol. The highest BCUT2D eigenvalue weighted by atomic mass is 16.5. The minimum absolute atomic E-state index is 0.503. The van der Waals surface area contributed by atoms with Crippen molar-refractivity contribution < 1.29 is 4.74 Å². The third-order valence-electron chi connectivity index (χ3n) is 2.53. The zero-order valence-corrected chi connectivity index (χ0v) is 11.0. The summed E-state index contributed by atoms with van der Waals surface area (Å²) in [6.45, 7) is 4.99. The summed E-state index contributed by atoms with van der Waals surface area (Å²) < 4.78 is 5.10. The number of methoxy groups -OCH3 is 1. The second kappa shape index (κ2) is 8.31. The molecule has 18 heavy (non-hydrogen) atoms. The first-order valence-electron chi connectivity index (χ1n) is 6.12. The summed E-state index contributed by atoms with van der Waals surface area (Å²) >= 11 is 0. The number of aromatic nitrogens is 1. The maximum absolute atomic E-state index is 8.69. The normalized spacial score (nSPS) is 9.83. The number of hydrogen-bond acceptors (Lipinski definition) is 5. The van der Waals surface area contributed by atoms with E-state index in [9.17, 15) is 0 Å². The van der Waals surface area contributed by atoms with Gasteiger partial charge in [0, 0.05) is 44.7 Å². The Kier molecular flexibility index (Phi) is 6.59. The Morgan fingerprint density at radius 2 is 2.33 bits per heavy atom. The maximum Gasteiger partial charge on any atom is 0.127 e. The molecule has 0 fully saturated rings. The van der Waals surface area contributed by atoms with Crippen LogP contribution in [0.25, 0.3) is 0 Å². The second-order valence-corrected chi connectivity index (χ2v) is 3.82. The minimum Gasteiger partial charge on any atom is -0.383 e. The van der Waals surface area contributed by atoms with Crippen LogP contribution in [0.3, 0.4) is 0 Å². The topological polar surface area (TPSA) is 61.2 Å². The molecule has 0 aliphatic carbocycles. The number of ether oxygens (including phenoxy) is 1. The number of nitriles is 1. The van der Waals surface area contributed by atoms with Gasteiger partial charge in [-0.15, -0.1) is 0 Å². The SMILES string of the molecule is CCNc1cc(N(CCC#N)CCOC)ccn1. The summed E-state index contributed by atoms with van der Waals surface area (Å²) in [7, 11) is 1.68. The van der Waals surface area contributed by atoms with Crippen molar-refractivity contribution in [3.63, 3.8) is 0 Å². The molecule has 0 bridgehead atoms. The first-order chi connectivity index (χ1) is 8.81. The molecule has 1 rings (SSSR count). The molecule has 0 unspecified atom stereocenters. The average Bonchev–Trinajstić information content (AvgIpc) is 2.40. The van der Waals surface area contributed by atoms with Gasteiger partial charge in [-0.3, -0.25) is 0 Å². The van der Waals surface area contributed by atoms with Crippen molar-refractivity contribution >= 4 is 11.5 Å². The van der Waals surface area contributed by atoms with Gasteiger partial charge in [-0.1, -0.05) is 0 Å². The van der Waals surface area contributed by atoms with Gasteiger partial charge in [0.1, 0.15) is 5.82 Å². The molecular formula is C13H20N4O. The van der Waals surface area contributed by atoms with Crippen LogP contribution in [0.15, 0.2) is 18.3 Å². The van der Waals surface area contributed by atoms with Gasteiger partial charge in [-0.2, -0.15) is 5.26 Å². The Morgan fingerprint density at radius 1 is 1.50 bits per heavy atom. The predicted molar refractivity (Wildman–Crippen MR) is 72.7 cm³/mol. The number of rotatable bonds is 8. The molecule has 0 radical (unpaired) electrons. The molecule has 0 aromatic carbocycles. The molecule has 0 spiro atoms. The lowest BCUT2D eigenvalue weighted by Gasteiger charge is -2.23. The highest BCUT2D eigenvalue weighted by Crippen LogP contribution is 2.17. The van der Waals surface area contributed by atoms with E-state index in [-0.39, 0.29) is 0 Å². The van der Waals surface area contributed by atoms with E-state index in [1.54, 1.807) is 13.3 Å². The molecule has 0 aliphatic heterocycles. The van der Waals surface area contributed by atoms with Crippen molar-refractivity contribution in [3.05, 3.63) is 18.3 Å².